The lowest BCUT2D eigenvalue weighted by atomic mass is 10.3. The highest BCUT2D eigenvalue weighted by atomic mass is 32.2. The Morgan fingerprint density at radius 3 is 2.41 bits per heavy atom. The molecule has 0 bridgehead atoms. The van der Waals surface area contributed by atoms with Crippen LogP contribution in [-0.4, -0.2) is 25.2 Å². The number of carbonyl (C=O) groups excluding carboxylic acids is 1. The van der Waals surface area contributed by atoms with Gasteiger partial charge in [-0.3, -0.25) is 4.79 Å². The lowest BCUT2D eigenvalue weighted by Gasteiger charge is -2.07. The minimum atomic E-state index is -3.78. The number of nitrogens with zero attached hydrogens (tertiary/aromatic N) is 1. The van der Waals surface area contributed by atoms with E-state index < -0.39 is 10.0 Å². The Hall–Kier alpha value is -2.00. The van der Waals surface area contributed by atoms with Crippen LogP contribution in [0.1, 0.15) is 11.3 Å². The minimum Gasteiger partial charge on any atom is -0.337 e. The molecule has 9 heteroatoms. The van der Waals surface area contributed by atoms with Gasteiger partial charge in [-0.1, -0.05) is 5.16 Å². The topological polar surface area (TPSA) is 101 Å². The zero-order valence-corrected chi connectivity index (χ0v) is 13.7. The summed E-state index contributed by atoms with van der Waals surface area (Å²) in [6.07, 6.45) is 0. The molecule has 0 saturated heterocycles. The Morgan fingerprint density at radius 1 is 1.27 bits per heavy atom. The van der Waals surface area contributed by atoms with Crippen LogP contribution < -0.4 is 10.0 Å². The first-order valence-corrected chi connectivity index (χ1v) is 8.41. The van der Waals surface area contributed by atoms with Crippen LogP contribution in [0.2, 0.25) is 0 Å². The van der Waals surface area contributed by atoms with Crippen molar-refractivity contribution in [2.75, 3.05) is 15.8 Å². The monoisotopic (exact) mass is 341 g/mol. The van der Waals surface area contributed by atoms with Gasteiger partial charge in [0, 0.05) is 11.3 Å². The molecule has 1 amide bonds. The first-order chi connectivity index (χ1) is 10.3. The summed E-state index contributed by atoms with van der Waals surface area (Å²) in [5.41, 5.74) is 1.73. The molecule has 0 saturated carbocycles. The second-order valence-electron chi connectivity index (χ2n) is 4.56. The maximum Gasteiger partial charge on any atom is 0.264 e. The molecule has 0 atom stereocenters. The average Bonchev–Trinajstić information content (AvgIpc) is 2.79. The molecule has 1 heterocycles. The summed E-state index contributed by atoms with van der Waals surface area (Å²) >= 11 is 3.84. The number of sulfonamides is 1. The van der Waals surface area contributed by atoms with E-state index in [0.717, 1.165) is 0 Å². The zero-order chi connectivity index (χ0) is 16.3. The van der Waals surface area contributed by atoms with Crippen LogP contribution in [-0.2, 0) is 14.8 Å². The van der Waals surface area contributed by atoms with Gasteiger partial charge in [0.1, 0.15) is 0 Å². The Bertz CT molecular complexity index is 782. The molecule has 0 aliphatic heterocycles. The number of hydrogen-bond acceptors (Lipinski definition) is 6. The molecule has 0 fully saturated rings. The lowest BCUT2D eigenvalue weighted by Crippen LogP contribution is -2.14. The molecule has 2 aromatic rings. The summed E-state index contributed by atoms with van der Waals surface area (Å²) in [6, 6.07) is 5.76. The molecule has 1 aromatic carbocycles. The predicted molar refractivity (Wildman–Crippen MR) is 85.7 cm³/mol. The second kappa shape index (κ2) is 6.41. The third-order valence-electron chi connectivity index (χ3n) is 2.98. The summed E-state index contributed by atoms with van der Waals surface area (Å²) in [7, 11) is -3.78. The molecule has 0 unspecified atom stereocenters. The van der Waals surface area contributed by atoms with Crippen molar-refractivity contribution in [1.82, 2.24) is 5.16 Å². The molecule has 0 radical (unpaired) electrons. The molecular formula is C13H15N3O4S2. The van der Waals surface area contributed by atoms with Crippen molar-refractivity contribution in [2.24, 2.45) is 0 Å². The number of nitrogens with one attached hydrogen (secondary N) is 2. The van der Waals surface area contributed by atoms with Gasteiger partial charge >= 0.3 is 0 Å². The highest BCUT2D eigenvalue weighted by Crippen LogP contribution is 2.22. The SMILES string of the molecule is Cc1noc(NS(=O)(=O)c2ccc(NC(=O)CS)cc2)c1C. The van der Waals surface area contributed by atoms with Crippen LogP contribution >= 0.6 is 12.6 Å². The van der Waals surface area contributed by atoms with Gasteiger partial charge in [-0.05, 0) is 38.1 Å². The highest BCUT2D eigenvalue weighted by Gasteiger charge is 2.19. The Morgan fingerprint density at radius 2 is 1.91 bits per heavy atom. The van der Waals surface area contributed by atoms with Crippen molar-refractivity contribution in [3.63, 3.8) is 0 Å². The maximum absolute atomic E-state index is 12.3. The second-order valence-corrected chi connectivity index (χ2v) is 6.56. The molecule has 2 rings (SSSR count). The van der Waals surface area contributed by atoms with Crippen molar-refractivity contribution in [2.45, 2.75) is 18.7 Å². The van der Waals surface area contributed by atoms with E-state index in [9.17, 15) is 13.2 Å². The predicted octanol–water partition coefficient (Wildman–Crippen LogP) is 1.96. The third-order valence-corrected chi connectivity index (χ3v) is 4.61. The molecule has 7 nitrogen and oxygen atoms in total. The smallest absolute Gasteiger partial charge is 0.264 e. The van der Waals surface area contributed by atoms with E-state index in [-0.39, 0.29) is 22.4 Å². The lowest BCUT2D eigenvalue weighted by molar-refractivity contribution is -0.113. The molecule has 22 heavy (non-hydrogen) atoms. The van der Waals surface area contributed by atoms with E-state index in [2.05, 4.69) is 27.8 Å². The van der Waals surface area contributed by atoms with E-state index >= 15 is 0 Å². The average molecular weight is 341 g/mol. The largest absolute Gasteiger partial charge is 0.337 e. The van der Waals surface area contributed by atoms with E-state index in [1.807, 2.05) is 0 Å². The number of thiol groups is 1. The van der Waals surface area contributed by atoms with Crippen LogP contribution in [0.25, 0.3) is 0 Å². The summed E-state index contributed by atoms with van der Waals surface area (Å²) < 4.78 is 31.8. The number of rotatable bonds is 5. The van der Waals surface area contributed by atoms with E-state index in [1.54, 1.807) is 13.8 Å². The van der Waals surface area contributed by atoms with Gasteiger partial charge in [-0.25, -0.2) is 13.1 Å². The Labute approximate surface area is 133 Å². The van der Waals surface area contributed by atoms with Crippen LogP contribution in [0.5, 0.6) is 0 Å². The molecule has 0 aliphatic rings. The standard InChI is InChI=1S/C13H15N3O4S2/c1-8-9(2)15-20-13(8)16-22(18,19)11-5-3-10(4-6-11)14-12(17)7-21/h3-6,16,21H,7H2,1-2H3,(H,14,17). The van der Waals surface area contributed by atoms with E-state index in [4.69, 9.17) is 4.52 Å². The van der Waals surface area contributed by atoms with Gasteiger partial charge in [0.25, 0.3) is 10.0 Å². The van der Waals surface area contributed by atoms with Crippen molar-refractivity contribution in [3.05, 3.63) is 35.5 Å². The Kier molecular flexibility index (Phi) is 4.77. The van der Waals surface area contributed by atoms with Crippen molar-refractivity contribution in [1.29, 1.82) is 0 Å². The van der Waals surface area contributed by atoms with Crippen molar-refractivity contribution in [3.8, 4) is 0 Å². The first-order valence-electron chi connectivity index (χ1n) is 6.30. The first kappa shape index (κ1) is 16.4. The molecule has 118 valence electrons. The number of anilines is 2. The van der Waals surface area contributed by atoms with Gasteiger partial charge < -0.3 is 9.84 Å². The zero-order valence-electron chi connectivity index (χ0n) is 12.0. The summed E-state index contributed by atoms with van der Waals surface area (Å²) in [4.78, 5) is 11.3. The molecule has 1 aromatic heterocycles. The van der Waals surface area contributed by atoms with Gasteiger partial charge in [-0.15, -0.1) is 0 Å². The summed E-state index contributed by atoms with van der Waals surface area (Å²) in [5.74, 6) is -0.138. The number of benzene rings is 1. The van der Waals surface area contributed by atoms with Crippen LogP contribution in [0.3, 0.4) is 0 Å². The van der Waals surface area contributed by atoms with Crippen molar-refractivity contribution < 1.29 is 17.7 Å². The molecule has 0 spiro atoms. The van der Waals surface area contributed by atoms with E-state index in [1.165, 1.54) is 24.3 Å². The third kappa shape index (κ3) is 3.60. The van der Waals surface area contributed by atoms with E-state index in [0.29, 0.717) is 16.9 Å². The minimum absolute atomic E-state index is 0.0461. The van der Waals surface area contributed by atoms with Crippen LogP contribution in [0, 0.1) is 13.8 Å². The molecular weight excluding hydrogens is 326 g/mol. The maximum atomic E-state index is 12.3. The van der Waals surface area contributed by atoms with Gasteiger partial charge in [0.15, 0.2) is 0 Å². The number of aromatic nitrogens is 1. The van der Waals surface area contributed by atoms with Crippen LogP contribution in [0.15, 0.2) is 33.7 Å². The molecule has 0 aliphatic carbocycles. The van der Waals surface area contributed by atoms with Gasteiger partial charge in [0.2, 0.25) is 11.8 Å². The number of hydrogen-bond donors (Lipinski definition) is 3. The number of carbonyl (C=O) groups is 1. The normalized spacial score (nSPS) is 11.2. The summed E-state index contributed by atoms with van der Waals surface area (Å²) in [5, 5.41) is 6.27. The fraction of sp³-hybridized carbons (Fsp3) is 0.231. The quantitative estimate of drug-likeness (QED) is 0.722. The Balaban J connectivity index is 2.19. The fourth-order valence-electron chi connectivity index (χ4n) is 1.61. The number of amides is 1. The summed E-state index contributed by atoms with van der Waals surface area (Å²) in [6.45, 7) is 3.43. The number of aryl methyl sites for hydroxylation is 1. The fourth-order valence-corrected chi connectivity index (χ4v) is 2.74. The molecule has 2 N–H and O–H groups in total. The van der Waals surface area contributed by atoms with Gasteiger partial charge in [-0.2, -0.15) is 12.6 Å². The van der Waals surface area contributed by atoms with Gasteiger partial charge in [0.05, 0.1) is 16.3 Å². The highest BCUT2D eigenvalue weighted by molar-refractivity contribution is 7.92. The van der Waals surface area contributed by atoms with Crippen LogP contribution in [0.4, 0.5) is 11.6 Å². The van der Waals surface area contributed by atoms with Crippen molar-refractivity contribution >= 4 is 40.1 Å².